The van der Waals surface area contributed by atoms with Crippen molar-refractivity contribution in [2.24, 2.45) is 5.92 Å². The summed E-state index contributed by atoms with van der Waals surface area (Å²) in [6.07, 6.45) is 1.88. The van der Waals surface area contributed by atoms with Crippen molar-refractivity contribution in [2.75, 3.05) is 0 Å². The summed E-state index contributed by atoms with van der Waals surface area (Å²) in [6.45, 7) is 7.70. The van der Waals surface area contributed by atoms with Crippen LogP contribution in [0.3, 0.4) is 0 Å². The molecule has 0 heterocycles. The van der Waals surface area contributed by atoms with Crippen molar-refractivity contribution >= 4 is 12.1 Å². The SMILES string of the molecule is CC[C@@H](C=N)C(=O)NC(C)(C)C. The summed E-state index contributed by atoms with van der Waals surface area (Å²) in [5.74, 6) is -0.329. The number of nitrogens with one attached hydrogen (secondary N) is 2. The predicted molar refractivity (Wildman–Crippen MR) is 50.5 cm³/mol. The van der Waals surface area contributed by atoms with Gasteiger partial charge >= 0.3 is 0 Å². The quantitative estimate of drug-likeness (QED) is 0.621. The average molecular weight is 170 g/mol. The molecule has 0 aromatic carbocycles. The highest BCUT2D eigenvalue weighted by Crippen LogP contribution is 2.04. The van der Waals surface area contributed by atoms with Crippen LogP contribution in [-0.2, 0) is 4.79 Å². The summed E-state index contributed by atoms with van der Waals surface area (Å²) in [5.41, 5.74) is -0.201. The second-order valence-electron chi connectivity index (χ2n) is 3.92. The molecule has 1 atom stereocenters. The summed E-state index contributed by atoms with van der Waals surface area (Å²) >= 11 is 0. The Labute approximate surface area is 74.1 Å². The van der Waals surface area contributed by atoms with Gasteiger partial charge in [-0.3, -0.25) is 4.79 Å². The summed E-state index contributed by atoms with van der Waals surface area (Å²) in [4.78, 5) is 11.4. The highest BCUT2D eigenvalue weighted by Gasteiger charge is 2.19. The van der Waals surface area contributed by atoms with E-state index in [9.17, 15) is 4.79 Å². The summed E-state index contributed by atoms with van der Waals surface area (Å²) in [7, 11) is 0. The first-order valence-corrected chi connectivity index (χ1v) is 4.23. The molecule has 0 aliphatic rings. The minimum absolute atomic E-state index is 0.0556. The maximum atomic E-state index is 11.4. The molecular weight excluding hydrogens is 152 g/mol. The molecule has 0 saturated carbocycles. The highest BCUT2D eigenvalue weighted by molar-refractivity contribution is 5.92. The number of rotatable bonds is 3. The van der Waals surface area contributed by atoms with Crippen LogP contribution in [0.25, 0.3) is 0 Å². The van der Waals surface area contributed by atoms with E-state index in [0.29, 0.717) is 6.42 Å². The third-order valence-corrected chi connectivity index (χ3v) is 1.48. The molecule has 0 fully saturated rings. The first kappa shape index (κ1) is 11.1. The summed E-state index contributed by atoms with van der Waals surface area (Å²) in [5, 5.41) is 9.84. The van der Waals surface area contributed by atoms with Crippen LogP contribution in [0.15, 0.2) is 0 Å². The van der Waals surface area contributed by atoms with Crippen LogP contribution in [0.1, 0.15) is 34.1 Å². The molecule has 70 valence electrons. The smallest absolute Gasteiger partial charge is 0.228 e. The number of amides is 1. The van der Waals surface area contributed by atoms with Crippen LogP contribution >= 0.6 is 0 Å². The third-order valence-electron chi connectivity index (χ3n) is 1.48. The lowest BCUT2D eigenvalue weighted by Gasteiger charge is -2.22. The van der Waals surface area contributed by atoms with Crippen molar-refractivity contribution in [3.8, 4) is 0 Å². The Balaban J connectivity index is 4.11. The largest absolute Gasteiger partial charge is 0.351 e. The standard InChI is InChI=1S/C9H18N2O/c1-5-7(6-10)8(12)11-9(2,3)4/h6-7,10H,5H2,1-4H3,(H,11,12)/t7-/m0/s1. The van der Waals surface area contributed by atoms with Gasteiger partial charge < -0.3 is 10.7 Å². The van der Waals surface area contributed by atoms with Crippen molar-refractivity contribution in [1.82, 2.24) is 5.32 Å². The van der Waals surface area contributed by atoms with Crippen LogP contribution in [0.5, 0.6) is 0 Å². The summed E-state index contributed by atoms with van der Waals surface area (Å²) < 4.78 is 0. The zero-order valence-electron chi connectivity index (χ0n) is 8.27. The molecule has 0 saturated heterocycles. The van der Waals surface area contributed by atoms with Crippen molar-refractivity contribution in [3.05, 3.63) is 0 Å². The molecule has 3 nitrogen and oxygen atoms in total. The van der Waals surface area contributed by atoms with E-state index in [0.717, 1.165) is 0 Å². The zero-order chi connectivity index (χ0) is 9.78. The molecule has 0 rings (SSSR count). The second-order valence-corrected chi connectivity index (χ2v) is 3.92. The van der Waals surface area contributed by atoms with E-state index in [1.165, 1.54) is 6.21 Å². The molecule has 12 heavy (non-hydrogen) atoms. The van der Waals surface area contributed by atoms with Gasteiger partial charge in [0.2, 0.25) is 5.91 Å². The molecule has 0 bridgehead atoms. The van der Waals surface area contributed by atoms with Gasteiger partial charge in [-0.1, -0.05) is 6.92 Å². The predicted octanol–water partition coefficient (Wildman–Crippen LogP) is 1.58. The average Bonchev–Trinajstić information content (AvgIpc) is 1.85. The molecule has 1 amide bonds. The summed E-state index contributed by atoms with van der Waals surface area (Å²) in [6, 6.07) is 0. The lowest BCUT2D eigenvalue weighted by atomic mass is 10.0. The van der Waals surface area contributed by atoms with Gasteiger partial charge in [-0.05, 0) is 27.2 Å². The normalized spacial score (nSPS) is 13.7. The maximum Gasteiger partial charge on any atom is 0.228 e. The molecule has 3 heteroatoms. The Morgan fingerprint density at radius 3 is 2.33 bits per heavy atom. The number of hydrogen-bond donors (Lipinski definition) is 2. The zero-order valence-corrected chi connectivity index (χ0v) is 8.27. The van der Waals surface area contributed by atoms with Gasteiger partial charge in [-0.15, -0.1) is 0 Å². The van der Waals surface area contributed by atoms with Crippen LogP contribution in [0, 0.1) is 11.3 Å². The Kier molecular flexibility index (Phi) is 3.93. The molecule has 0 aliphatic heterocycles. The Bertz CT molecular complexity index is 170. The van der Waals surface area contributed by atoms with E-state index in [-0.39, 0.29) is 17.4 Å². The van der Waals surface area contributed by atoms with Crippen molar-refractivity contribution in [1.29, 1.82) is 5.41 Å². The van der Waals surface area contributed by atoms with E-state index < -0.39 is 0 Å². The first-order chi connectivity index (χ1) is 5.40. The Hall–Kier alpha value is -0.860. The molecule has 0 unspecified atom stereocenters. The fourth-order valence-corrected chi connectivity index (χ4v) is 0.841. The van der Waals surface area contributed by atoms with Gasteiger partial charge in [0, 0.05) is 11.8 Å². The monoisotopic (exact) mass is 170 g/mol. The Morgan fingerprint density at radius 2 is 2.08 bits per heavy atom. The minimum atomic E-state index is -0.274. The fourth-order valence-electron chi connectivity index (χ4n) is 0.841. The van der Waals surface area contributed by atoms with Gasteiger partial charge in [0.15, 0.2) is 0 Å². The van der Waals surface area contributed by atoms with E-state index in [1.807, 2.05) is 27.7 Å². The molecule has 0 aliphatic carbocycles. The molecule has 0 radical (unpaired) electrons. The maximum absolute atomic E-state index is 11.4. The van der Waals surface area contributed by atoms with Gasteiger partial charge in [0.05, 0.1) is 5.92 Å². The van der Waals surface area contributed by atoms with Gasteiger partial charge in [-0.2, -0.15) is 0 Å². The van der Waals surface area contributed by atoms with E-state index >= 15 is 0 Å². The van der Waals surface area contributed by atoms with Gasteiger partial charge in [0.25, 0.3) is 0 Å². The lowest BCUT2D eigenvalue weighted by Crippen LogP contribution is -2.44. The molecule has 0 spiro atoms. The topological polar surface area (TPSA) is 53.0 Å². The van der Waals surface area contributed by atoms with E-state index in [1.54, 1.807) is 0 Å². The van der Waals surface area contributed by atoms with Crippen molar-refractivity contribution in [3.63, 3.8) is 0 Å². The van der Waals surface area contributed by atoms with E-state index in [4.69, 9.17) is 5.41 Å². The van der Waals surface area contributed by atoms with Crippen molar-refractivity contribution < 1.29 is 4.79 Å². The van der Waals surface area contributed by atoms with Crippen molar-refractivity contribution in [2.45, 2.75) is 39.7 Å². The van der Waals surface area contributed by atoms with Crippen LogP contribution in [0.2, 0.25) is 0 Å². The number of hydrogen-bond acceptors (Lipinski definition) is 2. The molecule has 2 N–H and O–H groups in total. The van der Waals surface area contributed by atoms with Gasteiger partial charge in [0.1, 0.15) is 0 Å². The highest BCUT2D eigenvalue weighted by atomic mass is 16.2. The number of carbonyl (C=O) groups is 1. The number of carbonyl (C=O) groups excluding carboxylic acids is 1. The second kappa shape index (κ2) is 4.24. The third kappa shape index (κ3) is 4.11. The Morgan fingerprint density at radius 1 is 1.58 bits per heavy atom. The minimum Gasteiger partial charge on any atom is -0.351 e. The van der Waals surface area contributed by atoms with Crippen LogP contribution in [-0.4, -0.2) is 17.7 Å². The van der Waals surface area contributed by atoms with Crippen LogP contribution < -0.4 is 5.32 Å². The first-order valence-electron chi connectivity index (χ1n) is 4.23. The van der Waals surface area contributed by atoms with Gasteiger partial charge in [-0.25, -0.2) is 0 Å². The lowest BCUT2D eigenvalue weighted by molar-refractivity contribution is -0.124. The molecular formula is C9H18N2O. The van der Waals surface area contributed by atoms with E-state index in [2.05, 4.69) is 5.32 Å². The van der Waals surface area contributed by atoms with Crippen LogP contribution in [0.4, 0.5) is 0 Å². The molecule has 0 aromatic rings. The fraction of sp³-hybridized carbons (Fsp3) is 0.778. The molecule has 0 aromatic heterocycles.